The van der Waals surface area contributed by atoms with Gasteiger partial charge in [0, 0.05) is 17.4 Å². The van der Waals surface area contributed by atoms with Crippen LogP contribution in [0.1, 0.15) is 27.7 Å². The van der Waals surface area contributed by atoms with E-state index < -0.39 is 24.3 Å². The van der Waals surface area contributed by atoms with Crippen molar-refractivity contribution in [3.63, 3.8) is 0 Å². The van der Waals surface area contributed by atoms with Gasteiger partial charge in [0.15, 0.2) is 0 Å². The highest BCUT2D eigenvalue weighted by Gasteiger charge is 2.20. The topological polar surface area (TPSA) is 121 Å². The minimum absolute atomic E-state index is 0.108. The van der Waals surface area contributed by atoms with Crippen molar-refractivity contribution in [1.82, 2.24) is 10.3 Å². The van der Waals surface area contributed by atoms with Crippen LogP contribution >= 0.6 is 0 Å². The first-order valence-electron chi connectivity index (χ1n) is 8.99. The van der Waals surface area contributed by atoms with Crippen molar-refractivity contribution in [3.8, 4) is 0 Å². The number of benzene rings is 2. The Morgan fingerprint density at radius 3 is 2.59 bits per heavy atom. The molecule has 1 aromatic heterocycles. The molecule has 29 heavy (non-hydrogen) atoms. The summed E-state index contributed by atoms with van der Waals surface area (Å²) in [6.45, 7) is -0.0810. The van der Waals surface area contributed by atoms with Crippen LogP contribution in [-0.2, 0) is 16.1 Å². The van der Waals surface area contributed by atoms with Gasteiger partial charge in [0.05, 0.1) is 7.11 Å². The fraction of sp³-hybridized carbons (Fsp3) is 0.238. The Hall–Kier alpha value is -3.36. The molecule has 8 nitrogen and oxygen atoms in total. The van der Waals surface area contributed by atoms with E-state index in [0.717, 1.165) is 10.9 Å². The van der Waals surface area contributed by atoms with Gasteiger partial charge >= 0.3 is 12.1 Å². The van der Waals surface area contributed by atoms with E-state index in [1.54, 1.807) is 24.3 Å². The third-order valence-electron chi connectivity index (χ3n) is 4.43. The van der Waals surface area contributed by atoms with E-state index in [0.29, 0.717) is 11.1 Å². The maximum Gasteiger partial charge on any atom is 0.407 e. The summed E-state index contributed by atoms with van der Waals surface area (Å²) in [5.41, 5.74) is 2.18. The van der Waals surface area contributed by atoms with Crippen LogP contribution in [0.15, 0.2) is 54.6 Å². The lowest BCUT2D eigenvalue weighted by atomic mass is 10.0. The summed E-state index contributed by atoms with van der Waals surface area (Å²) in [6.07, 6.45) is -3.17. The second-order valence-electron chi connectivity index (χ2n) is 6.48. The van der Waals surface area contributed by atoms with E-state index in [2.05, 4.69) is 15.0 Å². The zero-order valence-corrected chi connectivity index (χ0v) is 15.8. The van der Waals surface area contributed by atoms with Crippen molar-refractivity contribution in [1.29, 1.82) is 0 Å². The Balaban J connectivity index is 1.55. The van der Waals surface area contributed by atoms with E-state index in [-0.39, 0.29) is 18.8 Å². The largest absolute Gasteiger partial charge is 0.464 e. The number of carbonyl (C=O) groups is 2. The second kappa shape index (κ2) is 9.22. The lowest BCUT2D eigenvalue weighted by Crippen LogP contribution is -2.35. The number of aromatic nitrogens is 1. The first kappa shape index (κ1) is 20.4. The van der Waals surface area contributed by atoms with Crippen molar-refractivity contribution in [2.24, 2.45) is 0 Å². The van der Waals surface area contributed by atoms with Crippen LogP contribution in [0.3, 0.4) is 0 Å². The highest BCUT2D eigenvalue weighted by Crippen LogP contribution is 2.23. The van der Waals surface area contributed by atoms with Gasteiger partial charge in [-0.1, -0.05) is 42.5 Å². The first-order chi connectivity index (χ1) is 14.0. The molecule has 0 aliphatic carbocycles. The van der Waals surface area contributed by atoms with E-state index >= 15 is 0 Å². The second-order valence-corrected chi connectivity index (χ2v) is 6.48. The molecule has 0 saturated heterocycles. The maximum absolute atomic E-state index is 11.8. The molecule has 0 spiro atoms. The fourth-order valence-corrected chi connectivity index (χ4v) is 2.84. The average Bonchev–Trinajstić information content (AvgIpc) is 3.19. The molecular formula is C21H22N2O6. The maximum atomic E-state index is 11.8. The molecule has 8 heteroatoms. The number of aliphatic hydroxyl groups is 2. The molecule has 3 rings (SSSR count). The number of aliphatic hydroxyl groups excluding tert-OH is 2. The molecule has 2 aromatic carbocycles. The summed E-state index contributed by atoms with van der Waals surface area (Å²) < 4.78 is 9.74. The monoisotopic (exact) mass is 398 g/mol. The van der Waals surface area contributed by atoms with Crippen LogP contribution in [-0.4, -0.2) is 47.0 Å². The minimum atomic E-state index is -1.24. The molecule has 152 valence electrons. The highest BCUT2D eigenvalue weighted by atomic mass is 16.5. The summed E-state index contributed by atoms with van der Waals surface area (Å²) in [4.78, 5) is 26.3. The van der Waals surface area contributed by atoms with Crippen LogP contribution < -0.4 is 5.32 Å². The molecule has 0 saturated carbocycles. The predicted molar refractivity (Wildman–Crippen MR) is 105 cm³/mol. The summed E-state index contributed by atoms with van der Waals surface area (Å²) in [7, 11) is 1.29. The Bertz CT molecular complexity index is 985. The summed E-state index contributed by atoms with van der Waals surface area (Å²) in [5.74, 6) is -0.499. The number of hydrogen-bond acceptors (Lipinski definition) is 6. The Morgan fingerprint density at radius 2 is 1.86 bits per heavy atom. The third kappa shape index (κ3) is 5.13. The Kier molecular flexibility index (Phi) is 6.48. The van der Waals surface area contributed by atoms with Crippen LogP contribution in [0.5, 0.6) is 0 Å². The fourth-order valence-electron chi connectivity index (χ4n) is 2.84. The molecule has 0 radical (unpaired) electrons. The summed E-state index contributed by atoms with van der Waals surface area (Å²) in [6, 6.07) is 15.8. The summed E-state index contributed by atoms with van der Waals surface area (Å²) >= 11 is 0. The molecule has 0 bridgehead atoms. The van der Waals surface area contributed by atoms with Gasteiger partial charge < -0.3 is 30.0 Å². The van der Waals surface area contributed by atoms with Crippen molar-refractivity contribution in [2.45, 2.75) is 18.8 Å². The van der Waals surface area contributed by atoms with Crippen molar-refractivity contribution in [3.05, 3.63) is 71.4 Å². The van der Waals surface area contributed by atoms with E-state index in [9.17, 15) is 19.8 Å². The van der Waals surface area contributed by atoms with E-state index in [1.165, 1.54) is 7.11 Å². The van der Waals surface area contributed by atoms with Crippen molar-refractivity contribution in [2.75, 3.05) is 13.7 Å². The summed E-state index contributed by atoms with van der Waals surface area (Å²) in [5, 5.41) is 23.8. The normalized spacial score (nSPS) is 12.9. The number of methoxy groups -OCH3 is 1. The molecule has 3 aromatic rings. The van der Waals surface area contributed by atoms with Crippen molar-refractivity contribution >= 4 is 23.0 Å². The van der Waals surface area contributed by atoms with Gasteiger partial charge in [0.1, 0.15) is 24.5 Å². The van der Waals surface area contributed by atoms with Crippen LogP contribution in [0, 0.1) is 0 Å². The Morgan fingerprint density at radius 1 is 1.10 bits per heavy atom. The van der Waals surface area contributed by atoms with Gasteiger partial charge in [-0.25, -0.2) is 9.59 Å². The van der Waals surface area contributed by atoms with E-state index in [1.807, 2.05) is 30.3 Å². The number of amides is 1. The highest BCUT2D eigenvalue weighted by molar-refractivity contribution is 5.94. The van der Waals surface area contributed by atoms with Crippen molar-refractivity contribution < 1.29 is 29.3 Å². The third-order valence-corrected chi connectivity index (χ3v) is 4.43. The van der Waals surface area contributed by atoms with Crippen LogP contribution in [0.4, 0.5) is 4.79 Å². The number of rotatable bonds is 7. The number of nitrogens with one attached hydrogen (secondary N) is 2. The number of aromatic amines is 1. The smallest absolute Gasteiger partial charge is 0.407 e. The molecule has 4 N–H and O–H groups in total. The van der Waals surface area contributed by atoms with Crippen LogP contribution in [0.2, 0.25) is 0 Å². The van der Waals surface area contributed by atoms with Gasteiger partial charge in [0.2, 0.25) is 0 Å². The quantitative estimate of drug-likeness (QED) is 0.453. The number of fused-ring (bicyclic) bond motifs is 1. The minimum Gasteiger partial charge on any atom is -0.464 e. The van der Waals surface area contributed by atoms with Gasteiger partial charge in [-0.05, 0) is 23.3 Å². The van der Waals surface area contributed by atoms with Gasteiger partial charge in [-0.3, -0.25) is 0 Å². The van der Waals surface area contributed by atoms with Crippen LogP contribution in [0.25, 0.3) is 10.9 Å². The van der Waals surface area contributed by atoms with Gasteiger partial charge in [0.25, 0.3) is 0 Å². The average molecular weight is 398 g/mol. The molecule has 2 unspecified atom stereocenters. The number of carbonyl (C=O) groups excluding carboxylic acids is 2. The molecule has 0 aliphatic rings. The standard InChI is InChI=1S/C21H22N2O6/c1-28-20(26)17-9-14-7-8-15(10-16(14)23-17)19(25)18(24)11-22-21(27)29-12-13-5-3-2-4-6-13/h2-10,18-19,23-25H,11-12H2,1H3,(H,22,27). The number of hydrogen-bond donors (Lipinski definition) is 4. The number of esters is 1. The lowest BCUT2D eigenvalue weighted by molar-refractivity contribution is 0.0185. The lowest BCUT2D eigenvalue weighted by Gasteiger charge is -2.18. The molecule has 2 atom stereocenters. The number of H-pyrrole nitrogens is 1. The molecule has 1 amide bonds. The predicted octanol–water partition coefficient (Wildman–Crippen LogP) is 2.28. The number of ether oxygens (including phenoxy) is 2. The van der Waals surface area contributed by atoms with E-state index in [4.69, 9.17) is 4.74 Å². The molecular weight excluding hydrogens is 376 g/mol. The number of alkyl carbamates (subject to hydrolysis) is 1. The molecule has 1 heterocycles. The SMILES string of the molecule is COC(=O)c1cc2ccc(C(O)C(O)CNC(=O)OCc3ccccc3)cc2[nH]1. The zero-order valence-electron chi connectivity index (χ0n) is 15.8. The molecule has 0 aliphatic heterocycles. The molecule has 0 fully saturated rings. The Labute approximate surface area is 167 Å². The van der Waals surface area contributed by atoms with Gasteiger partial charge in [-0.2, -0.15) is 0 Å². The first-order valence-corrected chi connectivity index (χ1v) is 8.99. The van der Waals surface area contributed by atoms with Gasteiger partial charge in [-0.15, -0.1) is 0 Å². The zero-order chi connectivity index (χ0) is 20.8.